The topological polar surface area (TPSA) is 27.3 Å². The molecule has 0 aromatic heterocycles. The Kier molecular flexibility index (Phi) is 7.01. The quantitative estimate of drug-likeness (QED) is 0.642. The molecule has 0 spiro atoms. The van der Waals surface area contributed by atoms with E-state index in [1.165, 1.54) is 38.9 Å². The first-order valence-electron chi connectivity index (χ1n) is 6.81. The highest BCUT2D eigenvalue weighted by molar-refractivity contribution is 4.77. The molecule has 0 saturated carbocycles. The van der Waals surface area contributed by atoms with E-state index in [4.69, 9.17) is 0 Å². The second-order valence-electron chi connectivity index (χ2n) is 5.49. The van der Waals surface area contributed by atoms with Crippen molar-refractivity contribution in [3.8, 4) is 0 Å². The molecular formula is C13H29N3. The number of nitrogens with zero attached hydrogens (tertiary/aromatic N) is 1. The molecule has 96 valence electrons. The van der Waals surface area contributed by atoms with E-state index in [2.05, 4.69) is 36.4 Å². The number of piperazine rings is 1. The summed E-state index contributed by atoms with van der Waals surface area (Å²) in [5.41, 5.74) is 0. The van der Waals surface area contributed by atoms with Gasteiger partial charge in [0.05, 0.1) is 0 Å². The third-order valence-corrected chi connectivity index (χ3v) is 3.26. The van der Waals surface area contributed by atoms with E-state index in [1.807, 2.05) is 0 Å². The van der Waals surface area contributed by atoms with Crippen LogP contribution >= 0.6 is 0 Å². The predicted octanol–water partition coefficient (Wildman–Crippen LogP) is 1.31. The number of rotatable bonds is 7. The Labute approximate surface area is 101 Å². The van der Waals surface area contributed by atoms with Crippen LogP contribution in [0.3, 0.4) is 0 Å². The normalized spacial score (nSPS) is 22.9. The zero-order chi connectivity index (χ0) is 11.8. The number of nitrogens with one attached hydrogen (secondary N) is 2. The van der Waals surface area contributed by atoms with Crippen LogP contribution in [0.1, 0.15) is 33.1 Å². The fourth-order valence-electron chi connectivity index (χ4n) is 2.22. The molecule has 0 aromatic rings. The molecule has 0 amide bonds. The van der Waals surface area contributed by atoms with Gasteiger partial charge in [-0.1, -0.05) is 13.8 Å². The molecule has 2 N–H and O–H groups in total. The lowest BCUT2D eigenvalue weighted by atomic mass is 10.1. The lowest BCUT2D eigenvalue weighted by Gasteiger charge is -2.30. The van der Waals surface area contributed by atoms with Crippen LogP contribution in [-0.4, -0.2) is 50.7 Å². The second kappa shape index (κ2) is 8.04. The predicted molar refractivity (Wildman–Crippen MR) is 70.8 cm³/mol. The van der Waals surface area contributed by atoms with Crippen LogP contribution in [0.2, 0.25) is 0 Å². The van der Waals surface area contributed by atoms with Gasteiger partial charge in [0.15, 0.2) is 0 Å². The Hall–Kier alpha value is -0.120. The van der Waals surface area contributed by atoms with Crippen molar-refractivity contribution in [2.45, 2.75) is 39.2 Å². The molecule has 0 radical (unpaired) electrons. The molecule has 1 aliphatic heterocycles. The smallest absolute Gasteiger partial charge is 0.0207 e. The van der Waals surface area contributed by atoms with E-state index >= 15 is 0 Å². The molecule has 1 rings (SSSR count). The first kappa shape index (κ1) is 13.9. The summed E-state index contributed by atoms with van der Waals surface area (Å²) in [4.78, 5) is 2.42. The lowest BCUT2D eigenvalue weighted by Crippen LogP contribution is -2.49. The average Bonchev–Trinajstić information content (AvgIpc) is 2.23. The van der Waals surface area contributed by atoms with Crippen molar-refractivity contribution < 1.29 is 0 Å². The summed E-state index contributed by atoms with van der Waals surface area (Å²) < 4.78 is 0. The van der Waals surface area contributed by atoms with Gasteiger partial charge < -0.3 is 15.5 Å². The van der Waals surface area contributed by atoms with E-state index in [0.717, 1.165) is 19.0 Å². The SMILES string of the molecule is CC(C)CCCNCCC1CN(C)CCN1. The summed E-state index contributed by atoms with van der Waals surface area (Å²) >= 11 is 0. The van der Waals surface area contributed by atoms with Crippen LogP contribution < -0.4 is 10.6 Å². The Morgan fingerprint density at radius 1 is 1.38 bits per heavy atom. The van der Waals surface area contributed by atoms with E-state index in [0.29, 0.717) is 6.04 Å². The van der Waals surface area contributed by atoms with Crippen molar-refractivity contribution in [1.29, 1.82) is 0 Å². The van der Waals surface area contributed by atoms with Gasteiger partial charge in [0.25, 0.3) is 0 Å². The molecule has 0 bridgehead atoms. The molecule has 16 heavy (non-hydrogen) atoms. The molecule has 1 unspecified atom stereocenters. The minimum absolute atomic E-state index is 0.691. The lowest BCUT2D eigenvalue weighted by molar-refractivity contribution is 0.231. The van der Waals surface area contributed by atoms with E-state index < -0.39 is 0 Å². The van der Waals surface area contributed by atoms with Crippen molar-refractivity contribution >= 4 is 0 Å². The maximum Gasteiger partial charge on any atom is 0.0207 e. The van der Waals surface area contributed by atoms with Crippen LogP contribution in [0.15, 0.2) is 0 Å². The van der Waals surface area contributed by atoms with Gasteiger partial charge in [-0.15, -0.1) is 0 Å². The fraction of sp³-hybridized carbons (Fsp3) is 1.00. The molecule has 0 aromatic carbocycles. The summed E-state index contributed by atoms with van der Waals surface area (Å²) in [6.07, 6.45) is 3.92. The van der Waals surface area contributed by atoms with Crippen molar-refractivity contribution in [1.82, 2.24) is 15.5 Å². The van der Waals surface area contributed by atoms with Gasteiger partial charge in [-0.05, 0) is 45.3 Å². The number of hydrogen-bond donors (Lipinski definition) is 2. The maximum absolute atomic E-state index is 3.58. The fourth-order valence-corrected chi connectivity index (χ4v) is 2.22. The minimum Gasteiger partial charge on any atom is -0.317 e. The van der Waals surface area contributed by atoms with Crippen LogP contribution in [0, 0.1) is 5.92 Å². The van der Waals surface area contributed by atoms with Crippen LogP contribution in [0.25, 0.3) is 0 Å². The van der Waals surface area contributed by atoms with Gasteiger partial charge in [0.2, 0.25) is 0 Å². The monoisotopic (exact) mass is 227 g/mol. The van der Waals surface area contributed by atoms with Crippen LogP contribution in [0.5, 0.6) is 0 Å². The van der Waals surface area contributed by atoms with Gasteiger partial charge in [-0.25, -0.2) is 0 Å². The Morgan fingerprint density at radius 2 is 2.19 bits per heavy atom. The summed E-state index contributed by atoms with van der Waals surface area (Å²) in [7, 11) is 2.21. The second-order valence-corrected chi connectivity index (χ2v) is 5.49. The zero-order valence-electron chi connectivity index (χ0n) is 11.3. The van der Waals surface area contributed by atoms with E-state index in [9.17, 15) is 0 Å². The van der Waals surface area contributed by atoms with Crippen molar-refractivity contribution in [2.75, 3.05) is 39.8 Å². The third-order valence-electron chi connectivity index (χ3n) is 3.26. The van der Waals surface area contributed by atoms with Crippen molar-refractivity contribution in [3.05, 3.63) is 0 Å². The van der Waals surface area contributed by atoms with E-state index in [-0.39, 0.29) is 0 Å². The van der Waals surface area contributed by atoms with Gasteiger partial charge >= 0.3 is 0 Å². The number of hydrogen-bond acceptors (Lipinski definition) is 3. The van der Waals surface area contributed by atoms with Gasteiger partial charge in [0.1, 0.15) is 0 Å². The molecule has 1 fully saturated rings. The molecule has 1 heterocycles. The largest absolute Gasteiger partial charge is 0.317 e. The number of likely N-dealkylation sites (N-methyl/N-ethyl adjacent to an activating group) is 1. The molecule has 1 saturated heterocycles. The molecule has 1 atom stereocenters. The maximum atomic E-state index is 3.58. The highest BCUT2D eigenvalue weighted by Crippen LogP contribution is 2.02. The van der Waals surface area contributed by atoms with Crippen molar-refractivity contribution in [2.24, 2.45) is 5.92 Å². The minimum atomic E-state index is 0.691. The van der Waals surface area contributed by atoms with Crippen LogP contribution in [-0.2, 0) is 0 Å². The summed E-state index contributed by atoms with van der Waals surface area (Å²) in [5.74, 6) is 0.843. The van der Waals surface area contributed by atoms with Crippen molar-refractivity contribution in [3.63, 3.8) is 0 Å². The average molecular weight is 227 g/mol. The standard InChI is InChI=1S/C13H29N3/c1-12(2)5-4-7-14-8-6-13-11-16(3)10-9-15-13/h12-15H,4-11H2,1-3H3. The Bertz CT molecular complexity index is 171. The summed E-state index contributed by atoms with van der Waals surface area (Å²) in [6.45, 7) is 10.5. The highest BCUT2D eigenvalue weighted by Gasteiger charge is 2.15. The summed E-state index contributed by atoms with van der Waals surface area (Å²) in [6, 6.07) is 0.691. The first-order chi connectivity index (χ1) is 7.68. The van der Waals surface area contributed by atoms with Gasteiger partial charge in [-0.3, -0.25) is 0 Å². The molecule has 3 nitrogen and oxygen atoms in total. The van der Waals surface area contributed by atoms with E-state index in [1.54, 1.807) is 0 Å². The molecular weight excluding hydrogens is 198 g/mol. The van der Waals surface area contributed by atoms with Gasteiger partial charge in [0, 0.05) is 25.7 Å². The molecule has 0 aliphatic carbocycles. The third kappa shape index (κ3) is 6.46. The molecule has 1 aliphatic rings. The zero-order valence-corrected chi connectivity index (χ0v) is 11.3. The summed E-state index contributed by atoms with van der Waals surface area (Å²) in [5, 5.41) is 7.12. The molecule has 3 heteroatoms. The first-order valence-corrected chi connectivity index (χ1v) is 6.81. The van der Waals surface area contributed by atoms with Gasteiger partial charge in [-0.2, -0.15) is 0 Å². The Balaban J connectivity index is 1.90. The van der Waals surface area contributed by atoms with Crippen LogP contribution in [0.4, 0.5) is 0 Å². The Morgan fingerprint density at radius 3 is 2.88 bits per heavy atom. The highest BCUT2D eigenvalue weighted by atomic mass is 15.2.